The monoisotopic (exact) mass is 398 g/mol. The van der Waals surface area contributed by atoms with Gasteiger partial charge in [-0.25, -0.2) is 4.98 Å². The first-order chi connectivity index (χ1) is 13.1. The maximum absolute atomic E-state index is 6.51. The van der Waals surface area contributed by atoms with Gasteiger partial charge < -0.3 is 9.72 Å². The van der Waals surface area contributed by atoms with Gasteiger partial charge in [0, 0.05) is 29.2 Å². The molecule has 27 heavy (non-hydrogen) atoms. The van der Waals surface area contributed by atoms with Crippen molar-refractivity contribution in [2.45, 2.75) is 18.7 Å². The fraction of sp³-hybridized carbons (Fsp3) is 0.227. The number of aromatic nitrogens is 2. The highest BCUT2D eigenvalue weighted by Crippen LogP contribution is 2.28. The van der Waals surface area contributed by atoms with E-state index < -0.39 is 0 Å². The molecule has 1 N–H and O–H groups in total. The topological polar surface area (TPSA) is 37.9 Å². The van der Waals surface area contributed by atoms with E-state index in [-0.39, 0.29) is 5.38 Å². The molecule has 2 unspecified atom stereocenters. The Hall–Kier alpha value is -2.23. The number of aromatic amines is 1. The smallest absolute Gasteiger partial charge is 0.137 e. The van der Waals surface area contributed by atoms with Crippen LogP contribution in [0.15, 0.2) is 66.5 Å². The van der Waals surface area contributed by atoms with E-state index >= 15 is 0 Å². The highest BCUT2D eigenvalue weighted by molar-refractivity contribution is 6.31. The van der Waals surface area contributed by atoms with E-state index in [9.17, 15) is 0 Å². The van der Waals surface area contributed by atoms with Crippen LogP contribution in [0.5, 0.6) is 5.75 Å². The van der Waals surface area contributed by atoms with Crippen LogP contribution >= 0.6 is 23.2 Å². The fourth-order valence-corrected chi connectivity index (χ4v) is 3.65. The minimum absolute atomic E-state index is 0.0576. The van der Waals surface area contributed by atoms with E-state index in [1.165, 1.54) is 5.56 Å². The average Bonchev–Trinajstić information content (AvgIpc) is 3.08. The summed E-state index contributed by atoms with van der Waals surface area (Å²) in [5.41, 5.74) is 4.26. The summed E-state index contributed by atoms with van der Waals surface area (Å²) >= 11 is 12.7. The van der Waals surface area contributed by atoms with Crippen LogP contribution in [-0.2, 0) is 6.42 Å². The standard InChI is InChI=1S/C22H20Cl2N2O/c1-14-9-15(4-7-20(14)23)13-27-18-6-5-16(21(24)11-18)10-17-12-26-22-19(17)3-2-8-25-22/h2-9,11-12,14,20H,10,13H2,1H3,(H,25,26). The summed E-state index contributed by atoms with van der Waals surface area (Å²) in [6.07, 6.45) is 10.7. The number of hydrogen-bond acceptors (Lipinski definition) is 2. The Labute approximate surface area is 168 Å². The number of ether oxygens (including phenoxy) is 1. The molecular formula is C22H20Cl2N2O. The Balaban J connectivity index is 1.45. The van der Waals surface area contributed by atoms with Crippen LogP contribution in [0, 0.1) is 5.92 Å². The molecule has 2 atom stereocenters. The molecular weight excluding hydrogens is 379 g/mol. The first-order valence-electron chi connectivity index (χ1n) is 8.95. The summed E-state index contributed by atoms with van der Waals surface area (Å²) in [7, 11) is 0. The van der Waals surface area contributed by atoms with Crippen molar-refractivity contribution >= 4 is 34.2 Å². The molecule has 0 amide bonds. The minimum atomic E-state index is 0.0576. The summed E-state index contributed by atoms with van der Waals surface area (Å²) in [5, 5.41) is 1.88. The third-order valence-electron chi connectivity index (χ3n) is 4.82. The van der Waals surface area contributed by atoms with Crippen LogP contribution < -0.4 is 4.74 Å². The molecule has 3 nitrogen and oxygen atoms in total. The number of alkyl halides is 1. The van der Waals surface area contributed by atoms with Crippen LogP contribution in [0.25, 0.3) is 11.0 Å². The van der Waals surface area contributed by atoms with Gasteiger partial charge in [0.15, 0.2) is 0 Å². The third kappa shape index (κ3) is 4.05. The second-order valence-electron chi connectivity index (χ2n) is 6.84. The summed E-state index contributed by atoms with van der Waals surface area (Å²) in [6, 6.07) is 9.88. The lowest BCUT2D eigenvalue weighted by atomic mass is 9.98. The number of benzene rings is 1. The van der Waals surface area contributed by atoms with Gasteiger partial charge in [0.25, 0.3) is 0 Å². The molecule has 0 saturated carbocycles. The molecule has 4 rings (SSSR count). The lowest BCUT2D eigenvalue weighted by Gasteiger charge is -2.18. The predicted octanol–water partition coefficient (Wildman–Crippen LogP) is 5.93. The minimum Gasteiger partial charge on any atom is -0.489 e. The number of halogens is 2. The molecule has 1 aliphatic carbocycles. The van der Waals surface area contributed by atoms with Crippen LogP contribution in [0.3, 0.4) is 0 Å². The molecule has 5 heteroatoms. The zero-order valence-electron chi connectivity index (χ0n) is 15.0. The quantitative estimate of drug-likeness (QED) is 0.541. The highest BCUT2D eigenvalue weighted by Gasteiger charge is 2.14. The Morgan fingerprint density at radius 1 is 1.22 bits per heavy atom. The van der Waals surface area contributed by atoms with Crippen molar-refractivity contribution in [2.75, 3.05) is 6.61 Å². The van der Waals surface area contributed by atoms with Crippen LogP contribution in [-0.4, -0.2) is 22.0 Å². The van der Waals surface area contributed by atoms with Gasteiger partial charge in [-0.05, 0) is 46.9 Å². The van der Waals surface area contributed by atoms with Gasteiger partial charge in [0.2, 0.25) is 0 Å². The van der Waals surface area contributed by atoms with Gasteiger partial charge in [-0.15, -0.1) is 11.6 Å². The summed E-state index contributed by atoms with van der Waals surface area (Å²) in [6.45, 7) is 2.61. The van der Waals surface area contributed by atoms with Crippen molar-refractivity contribution in [1.29, 1.82) is 0 Å². The molecule has 2 aromatic heterocycles. The van der Waals surface area contributed by atoms with E-state index in [2.05, 4.69) is 29.0 Å². The second-order valence-corrected chi connectivity index (χ2v) is 7.75. The highest BCUT2D eigenvalue weighted by atomic mass is 35.5. The van der Waals surface area contributed by atoms with Crippen molar-refractivity contribution in [3.63, 3.8) is 0 Å². The number of rotatable bonds is 5. The summed E-state index contributed by atoms with van der Waals surface area (Å²) in [4.78, 5) is 7.53. The van der Waals surface area contributed by atoms with Crippen molar-refractivity contribution in [3.8, 4) is 5.75 Å². The Morgan fingerprint density at radius 2 is 2.11 bits per heavy atom. The second kappa shape index (κ2) is 7.79. The zero-order chi connectivity index (χ0) is 18.8. The molecule has 138 valence electrons. The first kappa shape index (κ1) is 18.1. The number of allylic oxidation sites excluding steroid dienone is 2. The zero-order valence-corrected chi connectivity index (χ0v) is 16.5. The third-order valence-corrected chi connectivity index (χ3v) is 5.72. The van der Waals surface area contributed by atoms with Crippen molar-refractivity contribution in [2.24, 2.45) is 5.92 Å². The molecule has 3 aromatic rings. The molecule has 0 saturated heterocycles. The molecule has 1 aromatic carbocycles. The number of hydrogen-bond donors (Lipinski definition) is 1. The maximum Gasteiger partial charge on any atom is 0.137 e. The SMILES string of the molecule is CC1C=C(COc2ccc(Cc3c[nH]c4ncccc34)c(Cl)c2)C=CC1Cl. The van der Waals surface area contributed by atoms with E-state index in [1.54, 1.807) is 6.20 Å². The van der Waals surface area contributed by atoms with Crippen molar-refractivity contribution in [3.05, 3.63) is 82.7 Å². The van der Waals surface area contributed by atoms with Crippen LogP contribution in [0.2, 0.25) is 5.02 Å². The maximum atomic E-state index is 6.51. The molecule has 0 radical (unpaired) electrons. The van der Waals surface area contributed by atoms with E-state index in [1.807, 2.05) is 42.6 Å². The van der Waals surface area contributed by atoms with Gasteiger partial charge in [0.05, 0.1) is 5.38 Å². The average molecular weight is 399 g/mol. The molecule has 0 bridgehead atoms. The number of fused-ring (bicyclic) bond motifs is 1. The number of H-pyrrole nitrogens is 1. The number of nitrogens with zero attached hydrogens (tertiary/aromatic N) is 1. The van der Waals surface area contributed by atoms with Crippen LogP contribution in [0.1, 0.15) is 18.1 Å². The molecule has 0 aliphatic heterocycles. The lowest BCUT2D eigenvalue weighted by molar-refractivity contribution is 0.353. The van der Waals surface area contributed by atoms with Crippen molar-refractivity contribution in [1.82, 2.24) is 9.97 Å². The van der Waals surface area contributed by atoms with Crippen LogP contribution in [0.4, 0.5) is 0 Å². The summed E-state index contributed by atoms with van der Waals surface area (Å²) in [5.74, 6) is 1.08. The van der Waals surface area contributed by atoms with Gasteiger partial charge in [-0.1, -0.05) is 42.8 Å². The molecule has 0 fully saturated rings. The van der Waals surface area contributed by atoms with E-state index in [0.717, 1.165) is 34.3 Å². The van der Waals surface area contributed by atoms with Gasteiger partial charge in [0.1, 0.15) is 18.0 Å². The predicted molar refractivity (Wildman–Crippen MR) is 112 cm³/mol. The van der Waals surface area contributed by atoms with Gasteiger partial charge in [-0.2, -0.15) is 0 Å². The van der Waals surface area contributed by atoms with Gasteiger partial charge >= 0.3 is 0 Å². The summed E-state index contributed by atoms with van der Waals surface area (Å²) < 4.78 is 5.91. The normalized spacial score (nSPS) is 19.3. The molecule has 1 aliphatic rings. The van der Waals surface area contributed by atoms with E-state index in [0.29, 0.717) is 17.5 Å². The van der Waals surface area contributed by atoms with E-state index in [4.69, 9.17) is 27.9 Å². The van der Waals surface area contributed by atoms with Gasteiger partial charge in [-0.3, -0.25) is 0 Å². The fourth-order valence-electron chi connectivity index (χ4n) is 3.26. The molecule has 2 heterocycles. The number of nitrogens with one attached hydrogen (secondary N) is 1. The Kier molecular flexibility index (Phi) is 5.24. The van der Waals surface area contributed by atoms with Crippen molar-refractivity contribution < 1.29 is 4.74 Å². The largest absolute Gasteiger partial charge is 0.489 e. The lowest BCUT2D eigenvalue weighted by Crippen LogP contribution is -2.12. The first-order valence-corrected chi connectivity index (χ1v) is 9.77. The molecule has 0 spiro atoms. The number of pyridine rings is 1. The Morgan fingerprint density at radius 3 is 2.93 bits per heavy atom. The Bertz CT molecular complexity index is 1020.